The first-order valence-electron chi connectivity index (χ1n) is 9.39. The topological polar surface area (TPSA) is 125 Å². The third-order valence-corrected chi connectivity index (χ3v) is 6.74. The van der Waals surface area contributed by atoms with Crippen molar-refractivity contribution in [2.75, 3.05) is 4.90 Å². The third-order valence-electron chi connectivity index (χ3n) is 5.26. The Morgan fingerprint density at radius 3 is 2.21 bits per heavy atom. The maximum atomic E-state index is 14.4. The monoisotopic (exact) mass is 480 g/mol. The molecule has 0 radical (unpaired) electrons. The quantitative estimate of drug-likeness (QED) is 0.692. The molecule has 0 spiro atoms. The van der Waals surface area contributed by atoms with E-state index in [1.54, 1.807) is 18.3 Å². The molecule has 13 heteroatoms. The highest BCUT2D eigenvalue weighted by Crippen LogP contribution is 2.45. The number of nitrogens with one attached hydrogen (secondary N) is 2. The molecule has 2 atom stereocenters. The largest absolute Gasteiger partial charge is 0.417 e. The summed E-state index contributed by atoms with van der Waals surface area (Å²) in [6, 6.07) is 10.9. The van der Waals surface area contributed by atoms with Gasteiger partial charge < -0.3 is 0 Å². The third kappa shape index (κ3) is 3.49. The van der Waals surface area contributed by atoms with Gasteiger partial charge in [-0.25, -0.2) is 18.1 Å². The number of nitrogens with zero attached hydrogens (tertiary/aromatic N) is 2. The van der Waals surface area contributed by atoms with Gasteiger partial charge in [-0.3, -0.25) is 14.9 Å². The van der Waals surface area contributed by atoms with Crippen molar-refractivity contribution in [3.8, 4) is 0 Å². The molecule has 33 heavy (non-hydrogen) atoms. The van der Waals surface area contributed by atoms with Crippen LogP contribution in [0.4, 0.5) is 23.7 Å². The van der Waals surface area contributed by atoms with Crippen LogP contribution in [0.25, 0.3) is 0 Å². The number of amides is 4. The molecule has 9 nitrogen and oxygen atoms in total. The maximum Gasteiger partial charge on any atom is 0.417 e. The maximum absolute atomic E-state index is 14.4. The van der Waals surface area contributed by atoms with Gasteiger partial charge in [0.15, 0.2) is 0 Å². The van der Waals surface area contributed by atoms with Crippen LogP contribution in [-0.2, 0) is 19.6 Å². The fourth-order valence-corrected chi connectivity index (χ4v) is 5.02. The summed E-state index contributed by atoms with van der Waals surface area (Å²) in [4.78, 5) is 41.2. The molecule has 1 saturated heterocycles. The molecule has 2 aliphatic heterocycles. The lowest BCUT2D eigenvalue weighted by molar-refractivity contribution is -0.199. The highest BCUT2D eigenvalue weighted by atomic mass is 32.2. The molecule has 2 unspecified atom stereocenters. The predicted molar refractivity (Wildman–Crippen MR) is 109 cm³/mol. The summed E-state index contributed by atoms with van der Waals surface area (Å²) in [5.74, 6) is -6.79. The Morgan fingerprint density at radius 1 is 1.03 bits per heavy atom. The summed E-state index contributed by atoms with van der Waals surface area (Å²) in [7, 11) is -4.95. The number of carbonyl (C=O) groups excluding carboxylic acids is 3. The van der Waals surface area contributed by atoms with Gasteiger partial charge in [-0.2, -0.15) is 22.9 Å². The molecule has 2 aromatic carbocycles. The molecule has 2 heterocycles. The first kappa shape index (κ1) is 22.6. The van der Waals surface area contributed by atoms with Crippen molar-refractivity contribution in [1.29, 1.82) is 0 Å². The number of alkyl halides is 3. The number of aryl methyl sites for hydroxylation is 1. The zero-order valence-electron chi connectivity index (χ0n) is 16.8. The van der Waals surface area contributed by atoms with Gasteiger partial charge in [0.2, 0.25) is 21.5 Å². The molecule has 0 bridgehead atoms. The summed E-state index contributed by atoms with van der Waals surface area (Å²) < 4.78 is 70.5. The normalized spacial score (nSPS) is 23.3. The number of hydrogen-bond acceptors (Lipinski definition) is 5. The van der Waals surface area contributed by atoms with Crippen LogP contribution in [0.2, 0.25) is 0 Å². The highest BCUT2D eigenvalue weighted by Gasteiger charge is 2.74. The number of para-hydroxylation sites is 1. The van der Waals surface area contributed by atoms with E-state index in [-0.39, 0.29) is 5.69 Å². The average molecular weight is 480 g/mol. The number of carbonyl (C=O) groups is 3. The number of imide groups is 1. The zero-order chi connectivity index (χ0) is 24.2. The Balaban J connectivity index is 1.86. The number of rotatable bonds is 4. The van der Waals surface area contributed by atoms with E-state index < -0.39 is 56.2 Å². The van der Waals surface area contributed by atoms with Crippen LogP contribution in [0.3, 0.4) is 0 Å². The summed E-state index contributed by atoms with van der Waals surface area (Å²) >= 11 is 0. The van der Waals surface area contributed by atoms with Crippen molar-refractivity contribution in [3.63, 3.8) is 0 Å². The molecule has 2 aromatic rings. The minimum atomic E-state index is -5.59. The SMILES string of the molecule is Cc1ccc(S(=O)(=O)NC2(C(F)(F)F)C(=O)N=C3C2C(=O)NC(=O)N3c2ccccc2)cc1. The Bertz CT molecular complexity index is 1290. The Kier molecular flexibility index (Phi) is 5.13. The van der Waals surface area contributed by atoms with Gasteiger partial charge in [0.05, 0.1) is 10.6 Å². The zero-order valence-corrected chi connectivity index (χ0v) is 17.6. The molecule has 0 saturated carbocycles. The van der Waals surface area contributed by atoms with Gasteiger partial charge in [0.1, 0.15) is 11.8 Å². The van der Waals surface area contributed by atoms with Crippen molar-refractivity contribution in [2.45, 2.75) is 23.5 Å². The van der Waals surface area contributed by atoms with Crippen LogP contribution in [-0.4, -0.2) is 43.8 Å². The first-order valence-corrected chi connectivity index (χ1v) is 10.9. The van der Waals surface area contributed by atoms with Crippen molar-refractivity contribution in [1.82, 2.24) is 10.0 Å². The lowest BCUT2D eigenvalue weighted by atomic mass is 9.82. The van der Waals surface area contributed by atoms with Crippen molar-refractivity contribution >= 4 is 39.4 Å². The summed E-state index contributed by atoms with van der Waals surface area (Å²) in [5, 5.41) is 1.76. The lowest BCUT2D eigenvalue weighted by Crippen LogP contribution is -2.72. The molecule has 1 fully saturated rings. The van der Waals surface area contributed by atoms with E-state index in [0.29, 0.717) is 10.5 Å². The number of hydrogen-bond donors (Lipinski definition) is 2. The summed E-state index contributed by atoms with van der Waals surface area (Å²) in [6.45, 7) is 1.64. The predicted octanol–water partition coefficient (Wildman–Crippen LogP) is 1.89. The van der Waals surface area contributed by atoms with Crippen LogP contribution in [0.15, 0.2) is 64.5 Å². The number of benzene rings is 2. The number of urea groups is 1. The van der Waals surface area contributed by atoms with Gasteiger partial charge in [0.25, 0.3) is 5.91 Å². The van der Waals surface area contributed by atoms with E-state index in [9.17, 15) is 36.0 Å². The van der Waals surface area contributed by atoms with E-state index in [4.69, 9.17) is 0 Å². The minimum absolute atomic E-state index is 0.0263. The number of amidine groups is 1. The molecular weight excluding hydrogens is 465 g/mol. The smallest absolute Gasteiger partial charge is 0.277 e. The van der Waals surface area contributed by atoms with Gasteiger partial charge >= 0.3 is 12.2 Å². The molecule has 2 N–H and O–H groups in total. The number of sulfonamides is 1. The highest BCUT2D eigenvalue weighted by molar-refractivity contribution is 7.89. The molecule has 2 aliphatic rings. The van der Waals surface area contributed by atoms with E-state index in [1.807, 2.05) is 0 Å². The Morgan fingerprint density at radius 2 is 1.64 bits per heavy atom. The second-order valence-corrected chi connectivity index (χ2v) is 9.08. The standard InChI is InChI=1S/C20H15F3N4O5S/c1-11-7-9-13(10-8-11)33(31,32)26-19(20(21,22)23)14-15(24-17(19)29)27(18(30)25-16(14)28)12-5-3-2-4-6-12/h2-10,14,26H,1H3,(H,25,28,30). The number of anilines is 1. The lowest BCUT2D eigenvalue weighted by Gasteiger charge is -2.38. The molecular formula is C20H15F3N4O5S. The van der Waals surface area contributed by atoms with Crippen LogP contribution in [0.5, 0.6) is 0 Å². The van der Waals surface area contributed by atoms with Gasteiger partial charge in [0, 0.05) is 0 Å². The molecule has 4 amide bonds. The Hall–Kier alpha value is -3.58. The van der Waals surface area contributed by atoms with Crippen molar-refractivity contribution in [2.24, 2.45) is 10.9 Å². The van der Waals surface area contributed by atoms with Gasteiger partial charge in [-0.1, -0.05) is 35.9 Å². The van der Waals surface area contributed by atoms with Crippen molar-refractivity contribution < 1.29 is 36.0 Å². The van der Waals surface area contributed by atoms with Crippen LogP contribution in [0.1, 0.15) is 5.56 Å². The number of aliphatic imine (C=N–C) groups is 1. The van der Waals surface area contributed by atoms with E-state index >= 15 is 0 Å². The Labute approximate surface area is 185 Å². The summed E-state index contributed by atoms with van der Waals surface area (Å²) in [6.07, 6.45) is -5.59. The second kappa shape index (κ2) is 7.49. The molecule has 0 aliphatic carbocycles. The minimum Gasteiger partial charge on any atom is -0.277 e. The van der Waals surface area contributed by atoms with Crippen molar-refractivity contribution in [3.05, 3.63) is 60.2 Å². The number of fused-ring (bicyclic) bond motifs is 1. The van der Waals surface area contributed by atoms with Crippen LogP contribution < -0.4 is 14.9 Å². The van der Waals surface area contributed by atoms with Gasteiger partial charge in [-0.15, -0.1) is 0 Å². The second-order valence-electron chi connectivity index (χ2n) is 7.40. The molecule has 0 aromatic heterocycles. The fourth-order valence-electron chi connectivity index (χ4n) is 3.66. The van der Waals surface area contributed by atoms with E-state index in [1.165, 1.54) is 41.1 Å². The van der Waals surface area contributed by atoms with Crippen LogP contribution in [0, 0.1) is 12.8 Å². The molecule has 4 rings (SSSR count). The fraction of sp³-hybridized carbons (Fsp3) is 0.200. The van der Waals surface area contributed by atoms with Gasteiger partial charge in [-0.05, 0) is 31.2 Å². The average Bonchev–Trinajstić information content (AvgIpc) is 3.01. The first-order chi connectivity index (χ1) is 15.4. The molecule has 172 valence electrons. The van der Waals surface area contributed by atoms with E-state index in [2.05, 4.69) is 4.99 Å². The number of halogens is 3. The van der Waals surface area contributed by atoms with E-state index in [0.717, 1.165) is 12.1 Å². The van der Waals surface area contributed by atoms with Crippen LogP contribution >= 0.6 is 0 Å². The summed E-state index contributed by atoms with van der Waals surface area (Å²) in [5.41, 5.74) is -3.28.